The van der Waals surface area contributed by atoms with Crippen molar-refractivity contribution in [3.63, 3.8) is 0 Å². The maximum absolute atomic E-state index is 5.16. The first-order valence-electron chi connectivity index (χ1n) is 4.97. The molecular formula is C6H15N3O9. The van der Waals surface area contributed by atoms with Crippen molar-refractivity contribution in [3.8, 4) is 0 Å². The van der Waals surface area contributed by atoms with Gasteiger partial charge in [0.05, 0.1) is 33.0 Å². The fourth-order valence-electron chi connectivity index (χ4n) is 0.747. The lowest BCUT2D eigenvalue weighted by atomic mass is 10.7. The maximum Gasteiger partial charge on any atom is 0.109 e. The lowest BCUT2D eigenvalue weighted by Gasteiger charge is -2.08. The van der Waals surface area contributed by atoms with Gasteiger partial charge in [0, 0.05) is 0 Å². The van der Waals surface area contributed by atoms with Crippen molar-refractivity contribution >= 4 is 0 Å². The van der Waals surface area contributed by atoms with Crippen LogP contribution in [0.1, 0.15) is 0 Å². The van der Waals surface area contributed by atoms with Gasteiger partial charge in [-0.2, -0.15) is 4.94 Å². The van der Waals surface area contributed by atoms with Gasteiger partial charge in [-0.15, -0.1) is 5.59 Å². The van der Waals surface area contributed by atoms with Gasteiger partial charge < -0.3 is 9.47 Å². The van der Waals surface area contributed by atoms with Crippen molar-refractivity contribution in [2.75, 3.05) is 39.6 Å². The van der Waals surface area contributed by atoms with Crippen LogP contribution in [-0.4, -0.2) is 39.6 Å². The van der Waals surface area contributed by atoms with E-state index in [4.69, 9.17) is 14.3 Å². The summed E-state index contributed by atoms with van der Waals surface area (Å²) in [6.45, 7) is 1.98. The molecule has 0 bridgehead atoms. The maximum atomic E-state index is 5.16. The Morgan fingerprint density at radius 2 is 1.44 bits per heavy atom. The fourth-order valence-corrected chi connectivity index (χ4v) is 0.747. The molecular weight excluding hydrogens is 258 g/mol. The lowest BCUT2D eigenvalue weighted by molar-refractivity contribution is -0.725. The molecule has 108 valence electrons. The average Bonchev–Trinajstić information content (AvgIpc) is 2.39. The van der Waals surface area contributed by atoms with Crippen molar-refractivity contribution in [3.05, 3.63) is 0 Å². The predicted molar refractivity (Wildman–Crippen MR) is 48.4 cm³/mol. The third-order valence-electron chi connectivity index (χ3n) is 1.39. The molecule has 1 heterocycles. The van der Waals surface area contributed by atoms with Gasteiger partial charge in [-0.3, -0.25) is 4.84 Å². The van der Waals surface area contributed by atoms with Gasteiger partial charge in [-0.05, 0) is 20.8 Å². The van der Waals surface area contributed by atoms with Crippen LogP contribution in [0.3, 0.4) is 0 Å². The molecule has 0 aromatic heterocycles. The summed E-state index contributed by atoms with van der Waals surface area (Å²) in [5.41, 5.74) is 6.10. The van der Waals surface area contributed by atoms with E-state index in [0.717, 1.165) is 0 Å². The predicted octanol–water partition coefficient (Wildman–Crippen LogP) is -1.85. The van der Waals surface area contributed by atoms with Crippen molar-refractivity contribution in [2.24, 2.45) is 0 Å². The van der Waals surface area contributed by atoms with E-state index in [2.05, 4.69) is 41.1 Å². The monoisotopic (exact) mass is 273 g/mol. The summed E-state index contributed by atoms with van der Waals surface area (Å²) < 4.78 is 10.3. The zero-order valence-electron chi connectivity index (χ0n) is 9.42. The molecule has 0 radical (unpaired) electrons. The number of rotatable bonds is 0. The van der Waals surface area contributed by atoms with Gasteiger partial charge in [0.25, 0.3) is 0 Å². The third-order valence-corrected chi connectivity index (χ3v) is 1.39. The zero-order chi connectivity index (χ0) is 12.7. The minimum absolute atomic E-state index is 0.141. The van der Waals surface area contributed by atoms with E-state index in [1.807, 2.05) is 0 Å². The van der Waals surface area contributed by atoms with E-state index in [0.29, 0.717) is 33.0 Å². The third kappa shape index (κ3) is 10.7. The highest BCUT2D eigenvalue weighted by atomic mass is 17.8. The summed E-state index contributed by atoms with van der Waals surface area (Å²) in [7, 11) is 0. The molecule has 1 rings (SSSR count). The van der Waals surface area contributed by atoms with Crippen molar-refractivity contribution in [2.45, 2.75) is 0 Å². The standard InChI is InChI=1S/C6H15N3O9/c1-2-11-4-6-13-16-18-17-15-9-14-8-7-12-5-3-10-1/h7-9H,1-6H2. The second-order valence-corrected chi connectivity index (χ2v) is 2.57. The molecule has 12 heteroatoms. The van der Waals surface area contributed by atoms with Crippen LogP contribution in [-0.2, 0) is 44.2 Å². The topological polar surface area (TPSA) is 119 Å². The molecule has 0 spiro atoms. The molecule has 3 N–H and O–H groups in total. The Bertz CT molecular complexity index is 101. The Balaban J connectivity index is 2.00. The second-order valence-electron chi connectivity index (χ2n) is 2.57. The number of hydrazine groups is 1. The number of hydrogen-bond acceptors (Lipinski definition) is 12. The molecule has 0 saturated carbocycles. The van der Waals surface area contributed by atoms with Gasteiger partial charge in [0.1, 0.15) is 6.61 Å². The summed E-state index contributed by atoms with van der Waals surface area (Å²) in [5.74, 6) is 0. The first kappa shape index (κ1) is 15.6. The van der Waals surface area contributed by atoms with Gasteiger partial charge in [0.2, 0.25) is 0 Å². The van der Waals surface area contributed by atoms with Crippen LogP contribution in [0.15, 0.2) is 0 Å². The molecule has 0 aromatic rings. The molecule has 0 atom stereocenters. The van der Waals surface area contributed by atoms with E-state index in [9.17, 15) is 0 Å². The molecule has 0 amide bonds. The Labute approximate surface area is 102 Å². The molecule has 12 nitrogen and oxygen atoms in total. The van der Waals surface area contributed by atoms with Crippen LogP contribution in [0.2, 0.25) is 0 Å². The highest BCUT2D eigenvalue weighted by molar-refractivity contribution is 4.31. The van der Waals surface area contributed by atoms with Crippen LogP contribution in [0.5, 0.6) is 0 Å². The van der Waals surface area contributed by atoms with Crippen molar-refractivity contribution in [1.82, 2.24) is 16.8 Å². The summed E-state index contributed by atoms with van der Waals surface area (Å²) in [5, 5.41) is 11.9. The number of ether oxygens (including phenoxy) is 2. The summed E-state index contributed by atoms with van der Waals surface area (Å²) in [6, 6.07) is 0. The number of nitrogens with one attached hydrogen (secondary N) is 3. The number of hydrogen-bond donors (Lipinski definition) is 3. The van der Waals surface area contributed by atoms with E-state index in [-0.39, 0.29) is 6.61 Å². The molecule has 0 aromatic carbocycles. The zero-order valence-corrected chi connectivity index (χ0v) is 9.42. The normalized spacial score (nSPS) is 24.0. The highest BCUT2D eigenvalue weighted by Crippen LogP contribution is 1.86. The summed E-state index contributed by atoms with van der Waals surface area (Å²) in [4.78, 5) is 17.7. The first-order chi connectivity index (χ1) is 9.00. The Kier molecular flexibility index (Phi) is 11.2. The largest absolute Gasteiger partial charge is 0.377 e. The molecule has 0 aliphatic carbocycles. The second kappa shape index (κ2) is 13.0. The summed E-state index contributed by atoms with van der Waals surface area (Å²) >= 11 is 0. The van der Waals surface area contributed by atoms with E-state index >= 15 is 0 Å². The van der Waals surface area contributed by atoms with Gasteiger partial charge >= 0.3 is 0 Å². The van der Waals surface area contributed by atoms with Crippen molar-refractivity contribution < 1.29 is 44.2 Å². The Hall–Kier alpha value is -0.480. The smallest absolute Gasteiger partial charge is 0.109 e. The first-order valence-corrected chi connectivity index (χ1v) is 4.97. The molecule has 1 aliphatic rings. The van der Waals surface area contributed by atoms with Crippen LogP contribution < -0.4 is 16.8 Å². The quantitative estimate of drug-likeness (QED) is 0.430. The van der Waals surface area contributed by atoms with Crippen LogP contribution in [0.4, 0.5) is 0 Å². The summed E-state index contributed by atoms with van der Waals surface area (Å²) in [6.07, 6.45) is 0. The van der Waals surface area contributed by atoms with Crippen LogP contribution in [0.25, 0.3) is 0 Å². The molecule has 1 saturated heterocycles. The minimum atomic E-state index is 0.141. The molecule has 0 unspecified atom stereocenters. The fraction of sp³-hybridized carbons (Fsp3) is 1.00. The van der Waals surface area contributed by atoms with E-state index in [1.54, 1.807) is 5.64 Å². The highest BCUT2D eigenvalue weighted by Gasteiger charge is 1.96. The van der Waals surface area contributed by atoms with Crippen LogP contribution >= 0.6 is 0 Å². The average molecular weight is 273 g/mol. The van der Waals surface area contributed by atoms with Gasteiger partial charge in [-0.1, -0.05) is 10.6 Å². The van der Waals surface area contributed by atoms with Crippen LogP contribution in [0, 0.1) is 0 Å². The SMILES string of the molecule is C1COCCOOOOONONNOCCO1. The van der Waals surface area contributed by atoms with Crippen molar-refractivity contribution in [1.29, 1.82) is 0 Å². The molecule has 1 aliphatic heterocycles. The van der Waals surface area contributed by atoms with E-state index < -0.39 is 0 Å². The molecule has 18 heavy (non-hydrogen) atoms. The van der Waals surface area contributed by atoms with E-state index in [1.165, 1.54) is 0 Å². The minimum Gasteiger partial charge on any atom is -0.377 e. The lowest BCUT2D eigenvalue weighted by Crippen LogP contribution is -2.37. The van der Waals surface area contributed by atoms with Gasteiger partial charge in [-0.25, -0.2) is 4.89 Å². The Morgan fingerprint density at radius 3 is 2.33 bits per heavy atom. The van der Waals surface area contributed by atoms with Gasteiger partial charge in [0.15, 0.2) is 0 Å². The molecule has 1 fully saturated rings. The Morgan fingerprint density at radius 1 is 0.667 bits per heavy atom.